The van der Waals surface area contributed by atoms with Crippen LogP contribution in [0.4, 0.5) is 19.3 Å². The first-order chi connectivity index (χ1) is 13.4. The number of carbonyl (C=O) groups excluding carboxylic acids is 1. The number of fused-ring (bicyclic) bond motifs is 2. The van der Waals surface area contributed by atoms with Gasteiger partial charge in [-0.2, -0.15) is 0 Å². The predicted molar refractivity (Wildman–Crippen MR) is 103 cm³/mol. The van der Waals surface area contributed by atoms with Crippen LogP contribution < -0.4 is 10.0 Å². The monoisotopic (exact) mass is 413 g/mol. The van der Waals surface area contributed by atoms with Crippen LogP contribution in [0, 0.1) is 0 Å². The van der Waals surface area contributed by atoms with Crippen LogP contribution in [0.1, 0.15) is 35.1 Å². The highest BCUT2D eigenvalue weighted by molar-refractivity contribution is 7.90. The third kappa shape index (κ3) is 3.50. The van der Waals surface area contributed by atoms with E-state index in [4.69, 9.17) is 0 Å². The Morgan fingerprint density at radius 1 is 1.07 bits per heavy atom. The van der Waals surface area contributed by atoms with E-state index in [2.05, 4.69) is 16.1 Å². The van der Waals surface area contributed by atoms with Crippen molar-refractivity contribution < 1.29 is 22.0 Å². The normalized spacial score (nSPS) is 19.4. The number of likely N-dealkylation sites (tertiary alicyclic amines) is 1. The lowest BCUT2D eigenvalue weighted by atomic mass is 9.99. The van der Waals surface area contributed by atoms with Gasteiger partial charge in [0.2, 0.25) is 10.0 Å². The molecule has 2 aliphatic carbocycles. The highest BCUT2D eigenvalue weighted by atomic mass is 32.2. The fraction of sp³-hybridized carbons (Fsp3) is 0.632. The minimum atomic E-state index is -3.90. The van der Waals surface area contributed by atoms with Crippen molar-refractivity contribution in [3.63, 3.8) is 0 Å². The average molecular weight is 413 g/mol. The first-order valence-electron chi connectivity index (χ1n) is 9.78. The van der Waals surface area contributed by atoms with E-state index in [0.29, 0.717) is 0 Å². The topological polar surface area (TPSA) is 78.5 Å². The number of benzene rings is 1. The molecule has 154 valence electrons. The van der Waals surface area contributed by atoms with Crippen LogP contribution in [-0.2, 0) is 35.7 Å². The third-order valence-corrected chi connectivity index (χ3v) is 7.78. The van der Waals surface area contributed by atoms with Gasteiger partial charge < -0.3 is 5.32 Å². The quantitative estimate of drug-likeness (QED) is 0.749. The smallest absolute Gasteiger partial charge is 0.307 e. The number of amides is 2. The molecule has 0 bridgehead atoms. The van der Waals surface area contributed by atoms with E-state index in [9.17, 15) is 22.0 Å². The lowest BCUT2D eigenvalue weighted by Gasteiger charge is -2.41. The van der Waals surface area contributed by atoms with Crippen LogP contribution in [0.3, 0.4) is 0 Å². The van der Waals surface area contributed by atoms with Crippen LogP contribution in [-0.4, -0.2) is 57.1 Å². The van der Waals surface area contributed by atoms with Gasteiger partial charge in [-0.25, -0.2) is 26.7 Å². The summed E-state index contributed by atoms with van der Waals surface area (Å²) < 4.78 is 52.4. The van der Waals surface area contributed by atoms with Gasteiger partial charge in [-0.05, 0) is 60.8 Å². The van der Waals surface area contributed by atoms with E-state index in [-0.39, 0.29) is 13.1 Å². The second-order valence-electron chi connectivity index (χ2n) is 7.87. The highest BCUT2D eigenvalue weighted by Gasteiger charge is 2.41. The zero-order valence-electron chi connectivity index (χ0n) is 15.6. The molecule has 0 aromatic heterocycles. The summed E-state index contributed by atoms with van der Waals surface area (Å²) in [6.45, 7) is -1.67. The molecule has 1 fully saturated rings. The Morgan fingerprint density at radius 3 is 2.18 bits per heavy atom. The van der Waals surface area contributed by atoms with E-state index in [0.717, 1.165) is 55.3 Å². The maximum absolute atomic E-state index is 12.7. The molecule has 0 spiro atoms. The number of aryl methyl sites for hydroxylation is 2. The number of hydrogen-bond donors (Lipinski definition) is 2. The van der Waals surface area contributed by atoms with Crippen LogP contribution >= 0.6 is 0 Å². The molecule has 3 aliphatic rings. The third-order valence-electron chi connectivity index (χ3n) is 6.13. The molecule has 1 aromatic carbocycles. The number of carbonyl (C=O) groups is 1. The van der Waals surface area contributed by atoms with E-state index >= 15 is 0 Å². The van der Waals surface area contributed by atoms with Crippen molar-refractivity contribution in [2.45, 2.75) is 49.8 Å². The summed E-state index contributed by atoms with van der Waals surface area (Å²) in [7, 11) is -3.90. The molecule has 0 radical (unpaired) electrons. The second-order valence-corrected chi connectivity index (χ2v) is 9.83. The van der Waals surface area contributed by atoms with E-state index in [1.165, 1.54) is 16.0 Å². The molecule has 0 unspecified atom stereocenters. The Morgan fingerprint density at radius 2 is 1.64 bits per heavy atom. The molecule has 28 heavy (non-hydrogen) atoms. The van der Waals surface area contributed by atoms with Crippen LogP contribution in [0.5, 0.6) is 0 Å². The van der Waals surface area contributed by atoms with Gasteiger partial charge in [-0.15, -0.1) is 0 Å². The van der Waals surface area contributed by atoms with Crippen LogP contribution in [0.2, 0.25) is 0 Å². The van der Waals surface area contributed by atoms with Gasteiger partial charge in [0, 0.05) is 18.8 Å². The van der Waals surface area contributed by atoms with Crippen LogP contribution in [0.25, 0.3) is 0 Å². The predicted octanol–water partition coefficient (Wildman–Crippen LogP) is 2.11. The van der Waals surface area contributed by atoms with Crippen molar-refractivity contribution in [2.24, 2.45) is 0 Å². The van der Waals surface area contributed by atoms with Gasteiger partial charge in [0.25, 0.3) is 0 Å². The molecule has 0 saturated carbocycles. The lowest BCUT2D eigenvalue weighted by molar-refractivity contribution is 0.0832. The number of alkyl halides is 2. The molecule has 6 nitrogen and oxygen atoms in total. The summed E-state index contributed by atoms with van der Waals surface area (Å²) in [5.41, 5.74) is 5.52. The Hall–Kier alpha value is -1.74. The SMILES string of the molecule is O=C(Nc1c2c(cc3c1CCC3)CCC2)NS(=O)(=O)C1CN(C(CF)CF)C1. The summed E-state index contributed by atoms with van der Waals surface area (Å²) in [6, 6.07) is 0.565. The van der Waals surface area contributed by atoms with Crippen molar-refractivity contribution in [2.75, 3.05) is 31.8 Å². The van der Waals surface area contributed by atoms with Gasteiger partial charge in [-0.3, -0.25) is 4.90 Å². The highest BCUT2D eigenvalue weighted by Crippen LogP contribution is 2.38. The van der Waals surface area contributed by atoms with Gasteiger partial charge in [0.1, 0.15) is 18.6 Å². The molecule has 1 heterocycles. The number of hydrogen-bond acceptors (Lipinski definition) is 4. The van der Waals surface area contributed by atoms with Crippen molar-refractivity contribution in [3.8, 4) is 0 Å². The molecule has 1 saturated heterocycles. The average Bonchev–Trinajstić information content (AvgIpc) is 3.25. The number of halogens is 2. The summed E-state index contributed by atoms with van der Waals surface area (Å²) in [5, 5.41) is 1.95. The molecule has 1 aromatic rings. The maximum Gasteiger partial charge on any atom is 0.332 e. The van der Waals surface area contributed by atoms with Crippen LogP contribution in [0.15, 0.2) is 6.07 Å². The van der Waals surface area contributed by atoms with Crippen molar-refractivity contribution in [1.29, 1.82) is 0 Å². The van der Waals surface area contributed by atoms with E-state index in [1.807, 2.05) is 0 Å². The molecule has 4 rings (SSSR count). The molecular weight excluding hydrogens is 388 g/mol. The van der Waals surface area contributed by atoms with Crippen molar-refractivity contribution in [3.05, 3.63) is 28.3 Å². The Labute approximate surface area is 163 Å². The summed E-state index contributed by atoms with van der Waals surface area (Å²) in [5.74, 6) is 0. The number of nitrogens with one attached hydrogen (secondary N) is 2. The number of urea groups is 1. The maximum atomic E-state index is 12.7. The summed E-state index contributed by atoms with van der Waals surface area (Å²) >= 11 is 0. The number of nitrogens with zero attached hydrogens (tertiary/aromatic N) is 1. The molecule has 0 atom stereocenters. The Bertz CT molecular complexity index is 849. The van der Waals surface area contributed by atoms with Gasteiger partial charge in [0.15, 0.2) is 0 Å². The van der Waals surface area contributed by atoms with Gasteiger partial charge >= 0.3 is 6.03 Å². The number of sulfonamides is 1. The molecule has 2 amide bonds. The molecule has 1 aliphatic heterocycles. The first kappa shape index (κ1) is 19.6. The van der Waals surface area contributed by atoms with Crippen molar-refractivity contribution in [1.82, 2.24) is 9.62 Å². The standard InChI is InChI=1S/C19H25F2N3O3S/c20-8-14(9-21)24-10-15(11-24)28(26,27)23-19(25)22-18-16-5-1-3-12(16)7-13-4-2-6-17(13)18/h7,14-15H,1-6,8-11H2,(H2,22,23,25). The molecule has 2 N–H and O–H groups in total. The fourth-order valence-corrected chi connectivity index (χ4v) is 5.77. The number of anilines is 1. The zero-order valence-corrected chi connectivity index (χ0v) is 16.5. The Balaban J connectivity index is 1.43. The minimum absolute atomic E-state index is 0.0251. The fourth-order valence-electron chi connectivity index (χ4n) is 4.52. The largest absolute Gasteiger partial charge is 0.332 e. The van der Waals surface area contributed by atoms with E-state index < -0.39 is 40.7 Å². The van der Waals surface area contributed by atoms with Gasteiger partial charge in [-0.1, -0.05) is 6.07 Å². The Kier molecular flexibility index (Phi) is 5.30. The van der Waals surface area contributed by atoms with E-state index in [1.54, 1.807) is 0 Å². The second kappa shape index (κ2) is 7.59. The van der Waals surface area contributed by atoms with Gasteiger partial charge in [0.05, 0.1) is 6.04 Å². The zero-order chi connectivity index (χ0) is 19.9. The number of rotatable bonds is 6. The minimum Gasteiger partial charge on any atom is -0.307 e. The lowest BCUT2D eigenvalue weighted by Crippen LogP contribution is -2.62. The molecule has 9 heteroatoms. The summed E-state index contributed by atoms with van der Waals surface area (Å²) in [4.78, 5) is 13.9. The first-order valence-corrected chi connectivity index (χ1v) is 11.3. The summed E-state index contributed by atoms with van der Waals surface area (Å²) in [6.07, 6.45) is 5.82. The van der Waals surface area contributed by atoms with Crippen molar-refractivity contribution >= 4 is 21.7 Å². The molecular formula is C19H25F2N3O3S.